The summed E-state index contributed by atoms with van der Waals surface area (Å²) in [5.41, 5.74) is 5.94. The van der Waals surface area contributed by atoms with Gasteiger partial charge in [0.25, 0.3) is 5.91 Å². The van der Waals surface area contributed by atoms with Crippen LogP contribution in [0.4, 0.5) is 17.1 Å². The van der Waals surface area contributed by atoms with E-state index < -0.39 is 0 Å². The molecule has 6 nitrogen and oxygen atoms in total. The van der Waals surface area contributed by atoms with E-state index in [9.17, 15) is 4.79 Å². The Morgan fingerprint density at radius 3 is 2.49 bits per heavy atom. The van der Waals surface area contributed by atoms with Gasteiger partial charge in [0.1, 0.15) is 0 Å². The zero-order chi connectivity index (χ0) is 26.2. The molecule has 0 saturated carbocycles. The first kappa shape index (κ1) is 25.9. The summed E-state index contributed by atoms with van der Waals surface area (Å²) in [7, 11) is 0. The lowest BCUT2D eigenvalue weighted by Gasteiger charge is -2.47. The van der Waals surface area contributed by atoms with E-state index in [2.05, 4.69) is 67.8 Å². The number of aliphatic imine (C=N–C) groups is 1. The number of likely N-dealkylation sites (N-methyl/N-ethyl adjacent to an activating group) is 1. The van der Waals surface area contributed by atoms with Gasteiger partial charge in [-0.25, -0.2) is 4.99 Å². The summed E-state index contributed by atoms with van der Waals surface area (Å²) in [6, 6.07) is 14.9. The van der Waals surface area contributed by atoms with Crippen LogP contribution in [0.2, 0.25) is 0 Å². The average Bonchev–Trinajstić information content (AvgIpc) is 3.18. The molecule has 196 valence electrons. The Balaban J connectivity index is 1.38. The Morgan fingerprint density at radius 2 is 1.81 bits per heavy atom. The molecule has 7 heteroatoms. The van der Waals surface area contributed by atoms with Crippen LogP contribution in [0.3, 0.4) is 0 Å². The van der Waals surface area contributed by atoms with Crippen LogP contribution >= 0.6 is 11.8 Å². The van der Waals surface area contributed by atoms with Gasteiger partial charge in [-0.3, -0.25) is 9.69 Å². The van der Waals surface area contributed by atoms with Gasteiger partial charge in [0.2, 0.25) is 0 Å². The molecule has 37 heavy (non-hydrogen) atoms. The largest absolute Gasteiger partial charge is 0.378 e. The molecule has 0 bridgehead atoms. The maximum absolute atomic E-state index is 13.3. The number of hydrogen-bond donors (Lipinski definition) is 0. The number of carbonyl (C=O) groups is 1. The number of hydrogen-bond acceptors (Lipinski definition) is 6. The third-order valence-electron chi connectivity index (χ3n) is 7.68. The third kappa shape index (κ3) is 5.16. The van der Waals surface area contributed by atoms with Gasteiger partial charge >= 0.3 is 0 Å². The molecule has 0 aromatic heterocycles. The summed E-state index contributed by atoms with van der Waals surface area (Å²) < 4.78 is 5.46. The SMILES string of the molecule is CCN1C(=O)/C(=C/c2ccc3c(c2)[C@H](C)CC(C)(C)N3CC)SC1=Nc1ccc(N2CCOCC2)cc1. The van der Waals surface area contributed by atoms with E-state index in [-0.39, 0.29) is 11.4 Å². The van der Waals surface area contributed by atoms with Crippen molar-refractivity contribution in [1.82, 2.24) is 4.90 Å². The predicted molar refractivity (Wildman–Crippen MR) is 156 cm³/mol. The minimum Gasteiger partial charge on any atom is -0.378 e. The first-order valence-electron chi connectivity index (χ1n) is 13.4. The predicted octanol–water partition coefficient (Wildman–Crippen LogP) is 6.26. The summed E-state index contributed by atoms with van der Waals surface area (Å²) in [4.78, 5) is 25.4. The summed E-state index contributed by atoms with van der Waals surface area (Å²) >= 11 is 1.47. The van der Waals surface area contributed by atoms with Gasteiger partial charge in [0.15, 0.2) is 5.17 Å². The van der Waals surface area contributed by atoms with E-state index in [1.165, 1.54) is 28.7 Å². The van der Waals surface area contributed by atoms with Crippen LogP contribution in [0.25, 0.3) is 6.08 Å². The van der Waals surface area contributed by atoms with Crippen molar-refractivity contribution in [3.05, 3.63) is 58.5 Å². The summed E-state index contributed by atoms with van der Waals surface area (Å²) in [5.74, 6) is 0.501. The highest BCUT2D eigenvalue weighted by atomic mass is 32.2. The van der Waals surface area contributed by atoms with Crippen molar-refractivity contribution in [3.8, 4) is 0 Å². The first-order valence-corrected chi connectivity index (χ1v) is 14.3. The normalized spacial score (nSPS) is 23.8. The smallest absolute Gasteiger partial charge is 0.266 e. The van der Waals surface area contributed by atoms with Gasteiger partial charge in [-0.2, -0.15) is 0 Å². The number of ether oxygens (including phenoxy) is 1. The number of anilines is 2. The van der Waals surface area contributed by atoms with Crippen LogP contribution in [0.5, 0.6) is 0 Å². The maximum Gasteiger partial charge on any atom is 0.266 e. The van der Waals surface area contributed by atoms with E-state index >= 15 is 0 Å². The fraction of sp³-hybridized carbons (Fsp3) is 0.467. The molecule has 0 spiro atoms. The number of fused-ring (bicyclic) bond motifs is 1. The number of amidine groups is 1. The topological polar surface area (TPSA) is 48.4 Å². The molecule has 0 unspecified atom stereocenters. The van der Waals surface area contributed by atoms with E-state index in [0.29, 0.717) is 12.5 Å². The van der Waals surface area contributed by atoms with E-state index in [1.54, 1.807) is 4.90 Å². The fourth-order valence-corrected chi connectivity index (χ4v) is 6.95. The van der Waals surface area contributed by atoms with Crippen LogP contribution in [-0.4, -0.2) is 60.9 Å². The van der Waals surface area contributed by atoms with Crippen molar-refractivity contribution >= 4 is 46.0 Å². The van der Waals surface area contributed by atoms with Gasteiger partial charge in [0, 0.05) is 43.1 Å². The van der Waals surface area contributed by atoms with Crippen molar-refractivity contribution < 1.29 is 9.53 Å². The summed E-state index contributed by atoms with van der Waals surface area (Å²) in [6.07, 6.45) is 3.15. The highest BCUT2D eigenvalue weighted by molar-refractivity contribution is 8.18. The lowest BCUT2D eigenvalue weighted by Crippen LogP contribution is -2.48. The molecule has 3 aliphatic rings. The Kier molecular flexibility index (Phi) is 7.37. The molecule has 3 heterocycles. The number of rotatable bonds is 5. The number of nitrogens with zero attached hydrogens (tertiary/aromatic N) is 4. The summed E-state index contributed by atoms with van der Waals surface area (Å²) in [6.45, 7) is 16.1. The van der Waals surface area contributed by atoms with Gasteiger partial charge in [-0.05, 0) is 105 Å². The molecule has 2 fully saturated rings. The van der Waals surface area contributed by atoms with E-state index in [1.807, 2.05) is 25.1 Å². The Morgan fingerprint density at radius 1 is 1.08 bits per heavy atom. The van der Waals surface area contributed by atoms with Gasteiger partial charge < -0.3 is 14.5 Å². The molecule has 0 N–H and O–H groups in total. The number of amides is 1. The van der Waals surface area contributed by atoms with Crippen molar-refractivity contribution in [1.29, 1.82) is 0 Å². The second-order valence-electron chi connectivity index (χ2n) is 10.7. The highest BCUT2D eigenvalue weighted by Gasteiger charge is 2.36. The minimum atomic E-state index is 0.0262. The third-order valence-corrected chi connectivity index (χ3v) is 8.69. The number of thioether (sulfide) groups is 1. The van der Waals surface area contributed by atoms with Crippen molar-refractivity contribution in [2.45, 2.75) is 52.5 Å². The molecule has 0 aliphatic carbocycles. The second kappa shape index (κ2) is 10.5. The van der Waals surface area contributed by atoms with Gasteiger partial charge in [-0.15, -0.1) is 0 Å². The van der Waals surface area contributed by atoms with Crippen LogP contribution in [0.15, 0.2) is 52.4 Å². The number of benzene rings is 2. The monoisotopic (exact) mass is 518 g/mol. The highest BCUT2D eigenvalue weighted by Crippen LogP contribution is 2.44. The quantitative estimate of drug-likeness (QED) is 0.437. The Labute approximate surface area is 225 Å². The maximum atomic E-state index is 13.3. The standard InChI is InChI=1S/C30H38N4O2S/c1-6-33-28(35)27(19-22-8-13-26-25(18-22)21(3)20-30(4,5)34(26)7-2)37-29(33)31-23-9-11-24(12-10-23)32-14-16-36-17-15-32/h8-13,18-19,21H,6-7,14-17,20H2,1-5H3/b27-19-,31-29?/t21-/m1/s1. The van der Waals surface area contributed by atoms with Crippen molar-refractivity contribution in [3.63, 3.8) is 0 Å². The zero-order valence-electron chi connectivity index (χ0n) is 22.7. The zero-order valence-corrected chi connectivity index (χ0v) is 23.5. The van der Waals surface area contributed by atoms with Crippen LogP contribution in [-0.2, 0) is 9.53 Å². The minimum absolute atomic E-state index is 0.0262. The molecule has 1 atom stereocenters. The van der Waals surface area contributed by atoms with Crippen LogP contribution in [0.1, 0.15) is 58.1 Å². The lowest BCUT2D eigenvalue weighted by molar-refractivity contribution is -0.122. The molecule has 5 rings (SSSR count). The second-order valence-corrected chi connectivity index (χ2v) is 11.7. The fourth-order valence-electron chi connectivity index (χ4n) is 5.89. The molecule has 3 aliphatic heterocycles. The van der Waals surface area contributed by atoms with Crippen molar-refractivity contribution in [2.24, 2.45) is 4.99 Å². The van der Waals surface area contributed by atoms with E-state index in [0.717, 1.165) is 60.6 Å². The van der Waals surface area contributed by atoms with Gasteiger partial charge in [-0.1, -0.05) is 13.0 Å². The molecule has 1 amide bonds. The van der Waals surface area contributed by atoms with E-state index in [4.69, 9.17) is 9.73 Å². The molecule has 2 aromatic rings. The molecule has 2 saturated heterocycles. The number of carbonyl (C=O) groups excluding carboxylic acids is 1. The van der Waals surface area contributed by atoms with Crippen LogP contribution < -0.4 is 9.80 Å². The molecular weight excluding hydrogens is 480 g/mol. The Bertz CT molecular complexity index is 1210. The molecular formula is C30H38N4O2S. The molecule has 2 aromatic carbocycles. The van der Waals surface area contributed by atoms with Gasteiger partial charge in [0.05, 0.1) is 23.8 Å². The van der Waals surface area contributed by atoms with Crippen LogP contribution in [0, 0.1) is 0 Å². The summed E-state index contributed by atoms with van der Waals surface area (Å²) in [5, 5.41) is 0.739. The number of morpholine rings is 1. The lowest BCUT2D eigenvalue weighted by atomic mass is 9.79. The van der Waals surface area contributed by atoms with Crippen molar-refractivity contribution in [2.75, 3.05) is 49.2 Å². The first-order chi connectivity index (χ1) is 17.8. The average molecular weight is 519 g/mol. The Hall–Kier alpha value is -2.77. The molecule has 0 radical (unpaired) electrons.